The Bertz CT molecular complexity index is 833. The third-order valence-electron chi connectivity index (χ3n) is 4.14. The maximum absolute atomic E-state index is 11.8. The summed E-state index contributed by atoms with van der Waals surface area (Å²) in [6.07, 6.45) is 0.370. The van der Waals surface area contributed by atoms with Gasteiger partial charge in [0.2, 0.25) is 0 Å². The molecule has 2 N–H and O–H groups in total. The van der Waals surface area contributed by atoms with Crippen molar-refractivity contribution in [1.82, 2.24) is 9.88 Å². The first-order chi connectivity index (χ1) is 12.0. The largest absolute Gasteiger partial charge is 0.480 e. The van der Waals surface area contributed by atoms with Gasteiger partial charge >= 0.3 is 11.9 Å². The van der Waals surface area contributed by atoms with Gasteiger partial charge < -0.3 is 19.7 Å². The molecule has 0 aliphatic carbocycles. The van der Waals surface area contributed by atoms with Crippen molar-refractivity contribution in [2.24, 2.45) is 0 Å². The van der Waals surface area contributed by atoms with E-state index in [4.69, 9.17) is 17.0 Å². The van der Waals surface area contributed by atoms with Crippen LogP contribution in [0.1, 0.15) is 18.2 Å². The van der Waals surface area contributed by atoms with Crippen LogP contribution in [0.25, 0.3) is 10.9 Å². The van der Waals surface area contributed by atoms with Gasteiger partial charge in [-0.2, -0.15) is 0 Å². The fourth-order valence-corrected chi connectivity index (χ4v) is 4.08. The fourth-order valence-electron chi connectivity index (χ4n) is 3.03. The quantitative estimate of drug-likeness (QED) is 0.625. The van der Waals surface area contributed by atoms with E-state index in [0.717, 1.165) is 33.9 Å². The molecule has 2 aromatic rings. The number of nitrogens with one attached hydrogen (secondary N) is 1. The number of para-hydroxylation sites is 1. The van der Waals surface area contributed by atoms with Crippen molar-refractivity contribution >= 4 is 51.1 Å². The molecule has 1 aromatic carbocycles. The molecular weight excluding hydrogens is 360 g/mol. The van der Waals surface area contributed by atoms with Crippen LogP contribution in [0.3, 0.4) is 0 Å². The van der Waals surface area contributed by atoms with Gasteiger partial charge in [0.1, 0.15) is 10.4 Å². The molecule has 1 aromatic heterocycles. The number of hydrogen-bond donors (Lipinski definition) is 2. The number of carboxylic acids is 1. The Labute approximate surface area is 154 Å². The number of thiocarbonyl (C=S) groups is 1. The summed E-state index contributed by atoms with van der Waals surface area (Å²) in [6.45, 7) is 2.44. The van der Waals surface area contributed by atoms with Crippen LogP contribution in [0.2, 0.25) is 0 Å². The molecule has 0 amide bonds. The number of H-pyrrole nitrogens is 1. The van der Waals surface area contributed by atoms with Gasteiger partial charge in [-0.25, -0.2) is 4.79 Å². The number of carbonyl (C=O) groups is 2. The lowest BCUT2D eigenvalue weighted by Crippen LogP contribution is -2.47. The summed E-state index contributed by atoms with van der Waals surface area (Å²) in [7, 11) is 0. The van der Waals surface area contributed by atoms with Gasteiger partial charge in [0, 0.05) is 23.0 Å². The molecule has 8 heteroatoms. The van der Waals surface area contributed by atoms with E-state index < -0.39 is 12.0 Å². The van der Waals surface area contributed by atoms with Gasteiger partial charge in [-0.15, -0.1) is 0 Å². The average molecular weight is 378 g/mol. The van der Waals surface area contributed by atoms with Crippen LogP contribution in [0.5, 0.6) is 0 Å². The Morgan fingerprint density at radius 3 is 2.92 bits per heavy atom. The second kappa shape index (κ2) is 7.45. The smallest absolute Gasteiger partial charge is 0.326 e. The molecule has 0 fully saturated rings. The molecule has 25 heavy (non-hydrogen) atoms. The summed E-state index contributed by atoms with van der Waals surface area (Å²) in [5.74, 6) is -1.20. The highest BCUT2D eigenvalue weighted by atomic mass is 32.2. The minimum Gasteiger partial charge on any atom is -0.480 e. The van der Waals surface area contributed by atoms with Crippen LogP contribution < -0.4 is 0 Å². The zero-order valence-electron chi connectivity index (χ0n) is 13.7. The number of hydrogen-bond acceptors (Lipinski definition) is 5. The topological polar surface area (TPSA) is 82.6 Å². The molecule has 2 heterocycles. The first-order valence-electron chi connectivity index (χ1n) is 7.91. The van der Waals surface area contributed by atoms with E-state index in [1.54, 1.807) is 11.8 Å². The highest BCUT2D eigenvalue weighted by molar-refractivity contribution is 8.23. The lowest BCUT2D eigenvalue weighted by atomic mass is 9.97. The van der Waals surface area contributed by atoms with Crippen molar-refractivity contribution in [3.8, 4) is 0 Å². The van der Waals surface area contributed by atoms with E-state index in [-0.39, 0.29) is 11.7 Å². The number of thioether (sulfide) groups is 1. The summed E-state index contributed by atoms with van der Waals surface area (Å²) in [5, 5.41) is 10.7. The van der Waals surface area contributed by atoms with Crippen LogP contribution in [0.4, 0.5) is 0 Å². The van der Waals surface area contributed by atoms with E-state index in [0.29, 0.717) is 23.9 Å². The molecule has 0 bridgehead atoms. The Morgan fingerprint density at radius 1 is 1.44 bits per heavy atom. The zero-order valence-corrected chi connectivity index (χ0v) is 15.3. The molecule has 132 valence electrons. The standard InChI is InChI=1S/C17H18N2O4S2/c1-2-23-15(20)9-25-17(24)19-8-13-11(7-14(19)16(21)22)10-5-3-4-6-12(10)18-13/h3-6,14,18H,2,7-9H2,1H3,(H,21,22). The van der Waals surface area contributed by atoms with Crippen molar-refractivity contribution < 1.29 is 19.4 Å². The molecule has 0 radical (unpaired) electrons. The van der Waals surface area contributed by atoms with E-state index >= 15 is 0 Å². The Balaban J connectivity index is 1.82. The SMILES string of the molecule is CCOC(=O)CSC(=S)N1Cc2[nH]c3ccccc3c2CC1C(=O)O. The molecule has 1 atom stereocenters. The predicted octanol–water partition coefficient (Wildman–Crippen LogP) is 2.56. The lowest BCUT2D eigenvalue weighted by molar-refractivity contribution is -0.142. The van der Waals surface area contributed by atoms with E-state index in [9.17, 15) is 14.7 Å². The van der Waals surface area contributed by atoms with Crippen LogP contribution in [0.15, 0.2) is 24.3 Å². The van der Waals surface area contributed by atoms with Gasteiger partial charge in [-0.05, 0) is 18.6 Å². The number of nitrogens with zero attached hydrogens (tertiary/aromatic N) is 1. The number of carbonyl (C=O) groups excluding carboxylic acids is 1. The zero-order chi connectivity index (χ0) is 18.0. The van der Waals surface area contributed by atoms with Crippen molar-refractivity contribution in [1.29, 1.82) is 0 Å². The van der Waals surface area contributed by atoms with Gasteiger partial charge in [-0.1, -0.05) is 42.2 Å². The third kappa shape index (κ3) is 3.64. The molecule has 1 unspecified atom stereocenters. The summed E-state index contributed by atoms with van der Waals surface area (Å²) < 4.78 is 5.28. The minimum atomic E-state index is -0.921. The average Bonchev–Trinajstić information content (AvgIpc) is 2.96. The molecule has 0 spiro atoms. The first-order valence-corrected chi connectivity index (χ1v) is 9.31. The van der Waals surface area contributed by atoms with Crippen molar-refractivity contribution in [2.75, 3.05) is 12.4 Å². The number of aliphatic carboxylic acids is 1. The fraction of sp³-hybridized carbons (Fsp3) is 0.353. The van der Waals surface area contributed by atoms with Gasteiger partial charge in [-0.3, -0.25) is 4.79 Å². The monoisotopic (exact) mass is 378 g/mol. The van der Waals surface area contributed by atoms with Crippen molar-refractivity contribution in [3.05, 3.63) is 35.5 Å². The Hall–Kier alpha value is -2.06. The number of esters is 1. The van der Waals surface area contributed by atoms with Gasteiger partial charge in [0.05, 0.1) is 18.9 Å². The number of benzene rings is 1. The van der Waals surface area contributed by atoms with E-state index in [2.05, 4.69) is 4.98 Å². The van der Waals surface area contributed by atoms with Crippen LogP contribution in [0, 0.1) is 0 Å². The number of ether oxygens (including phenoxy) is 1. The Morgan fingerprint density at radius 2 is 2.20 bits per heavy atom. The normalized spacial score (nSPS) is 16.5. The van der Waals surface area contributed by atoms with E-state index in [1.807, 2.05) is 24.3 Å². The number of aromatic amines is 1. The summed E-state index contributed by atoms with van der Waals surface area (Å²) in [5.41, 5.74) is 2.99. The number of carboxylic acid groups (broad SMARTS) is 1. The van der Waals surface area contributed by atoms with Crippen LogP contribution >= 0.6 is 24.0 Å². The minimum absolute atomic E-state index is 0.0784. The van der Waals surface area contributed by atoms with E-state index in [1.165, 1.54) is 0 Å². The number of rotatable bonds is 4. The van der Waals surface area contributed by atoms with Crippen LogP contribution in [-0.2, 0) is 27.3 Å². The van der Waals surface area contributed by atoms with Crippen molar-refractivity contribution in [2.45, 2.75) is 25.9 Å². The maximum Gasteiger partial charge on any atom is 0.326 e. The molecular formula is C17H18N2O4S2. The molecule has 6 nitrogen and oxygen atoms in total. The summed E-state index contributed by atoms with van der Waals surface area (Å²) >= 11 is 6.53. The van der Waals surface area contributed by atoms with Gasteiger partial charge in [0.25, 0.3) is 0 Å². The van der Waals surface area contributed by atoms with Gasteiger partial charge in [0.15, 0.2) is 0 Å². The second-order valence-electron chi connectivity index (χ2n) is 5.67. The molecule has 0 saturated carbocycles. The molecule has 0 saturated heterocycles. The second-order valence-corrected chi connectivity index (χ2v) is 7.28. The summed E-state index contributed by atoms with van der Waals surface area (Å²) in [4.78, 5) is 28.3. The van der Waals surface area contributed by atoms with Crippen molar-refractivity contribution in [3.63, 3.8) is 0 Å². The number of fused-ring (bicyclic) bond motifs is 3. The Kier molecular flexibility index (Phi) is 5.29. The first kappa shape index (κ1) is 17.8. The molecule has 3 rings (SSSR count). The highest BCUT2D eigenvalue weighted by Crippen LogP contribution is 2.32. The highest BCUT2D eigenvalue weighted by Gasteiger charge is 2.35. The molecule has 1 aliphatic rings. The maximum atomic E-state index is 11.8. The third-order valence-corrected chi connectivity index (χ3v) is 5.59. The predicted molar refractivity (Wildman–Crippen MR) is 101 cm³/mol. The summed E-state index contributed by atoms with van der Waals surface area (Å²) in [6, 6.07) is 7.11. The lowest BCUT2D eigenvalue weighted by Gasteiger charge is -2.34. The molecule has 1 aliphatic heterocycles. The van der Waals surface area contributed by atoms with Crippen LogP contribution in [-0.4, -0.2) is 49.7 Å². The number of aromatic nitrogens is 1.